The van der Waals surface area contributed by atoms with E-state index < -0.39 is 44.3 Å². The number of aromatic nitrogens is 2. The molecular weight excluding hydrogens is 310 g/mol. The summed E-state index contributed by atoms with van der Waals surface area (Å²) in [6.45, 7) is 0. The summed E-state index contributed by atoms with van der Waals surface area (Å²) in [6, 6.07) is 0. The van der Waals surface area contributed by atoms with E-state index in [1.54, 1.807) is 0 Å². The van der Waals surface area contributed by atoms with Crippen LogP contribution in [0.15, 0.2) is 9.59 Å². The summed E-state index contributed by atoms with van der Waals surface area (Å²) in [7, 11) is -7.69. The summed E-state index contributed by atoms with van der Waals surface area (Å²) in [6.07, 6.45) is 0. The Morgan fingerprint density at radius 2 is 1.58 bits per heavy atom. The molecule has 5 aliphatic rings. The lowest BCUT2D eigenvalue weighted by atomic mass is 10.2. The summed E-state index contributed by atoms with van der Waals surface area (Å²) in [5.74, 6) is -2.57. The number of phosphoric acid groups is 2. The van der Waals surface area contributed by atoms with Crippen LogP contribution in [-0.2, 0) is 28.7 Å². The highest BCUT2D eigenvalue weighted by molar-refractivity contribution is 7.51. The zero-order valence-electron chi connectivity index (χ0n) is 8.37. The molecule has 0 aromatic carbocycles. The van der Waals surface area contributed by atoms with Crippen molar-refractivity contribution in [3.05, 3.63) is 26.4 Å². The maximum Gasteiger partial charge on any atom is 0.688 e. The average molecular weight is 310 g/mol. The van der Waals surface area contributed by atoms with Crippen molar-refractivity contribution in [2.75, 3.05) is 0 Å². The first kappa shape index (κ1) is 10.2. The molecule has 3 fully saturated rings. The second-order valence-corrected chi connectivity index (χ2v) is 6.68. The van der Waals surface area contributed by atoms with Gasteiger partial charge >= 0.3 is 32.9 Å². The highest BCUT2D eigenvalue weighted by Gasteiger charge is 2.79. The second-order valence-electron chi connectivity index (χ2n) is 3.84. The van der Waals surface area contributed by atoms with Crippen LogP contribution in [0.3, 0.4) is 0 Å². The molecule has 3 saturated heterocycles. The summed E-state index contributed by atoms with van der Waals surface area (Å²) in [4.78, 5) is 23.6. The van der Waals surface area contributed by atoms with Crippen LogP contribution < -0.4 is 25.0 Å². The molecule has 1 aromatic heterocycles. The average Bonchev–Trinajstić information content (AvgIpc) is 2.49. The fourth-order valence-corrected chi connectivity index (χ4v) is 4.35. The first-order valence-electron chi connectivity index (χ1n) is 4.69. The zero-order chi connectivity index (χ0) is 13.2. The molecule has 0 spiro atoms. The van der Waals surface area contributed by atoms with E-state index in [-0.39, 0.29) is 4.73 Å². The first-order valence-corrected chi connectivity index (χ1v) is 7.62. The van der Waals surface area contributed by atoms with Crippen LogP contribution in [0.25, 0.3) is 0 Å². The van der Waals surface area contributed by atoms with Crippen LogP contribution in [0.5, 0.6) is 5.88 Å². The Morgan fingerprint density at radius 3 is 2.21 bits per heavy atom. The van der Waals surface area contributed by atoms with Gasteiger partial charge in [-0.05, 0) is 0 Å². The number of fused-ring (bicyclic) bond motifs is 2. The third kappa shape index (κ3) is 0.905. The highest BCUT2D eigenvalue weighted by Crippen LogP contribution is 2.84. The molecule has 6 rings (SSSR count). The van der Waals surface area contributed by atoms with Crippen LogP contribution in [0.2, 0.25) is 0 Å². The number of hydrogen-bond acceptors (Lipinski definition) is 10. The first-order chi connectivity index (χ1) is 8.85. The molecule has 0 radical (unpaired) electrons. The van der Waals surface area contributed by atoms with Gasteiger partial charge in [0.05, 0.1) is 0 Å². The molecule has 0 aliphatic carbocycles. The lowest BCUT2D eigenvalue weighted by Gasteiger charge is -2.54. The lowest BCUT2D eigenvalue weighted by molar-refractivity contribution is -0.442. The maximum absolute atomic E-state index is 12.0. The van der Waals surface area contributed by atoms with Gasteiger partial charge in [0.15, 0.2) is 5.56 Å². The zero-order valence-corrected chi connectivity index (χ0v) is 10.2. The molecule has 1 aromatic rings. The minimum atomic E-state index is -4.12. The van der Waals surface area contributed by atoms with E-state index in [0.717, 1.165) is 0 Å². The van der Waals surface area contributed by atoms with Gasteiger partial charge in [0.25, 0.3) is 5.88 Å². The van der Waals surface area contributed by atoms with Crippen LogP contribution in [0, 0.1) is 0 Å². The largest absolute Gasteiger partial charge is 0.688 e. The summed E-state index contributed by atoms with van der Waals surface area (Å²) in [5, 5.41) is 0. The van der Waals surface area contributed by atoms with E-state index in [9.17, 15) is 18.7 Å². The molecule has 14 heteroatoms. The van der Waals surface area contributed by atoms with Gasteiger partial charge in [-0.25, -0.2) is 22.9 Å². The molecule has 100 valence electrons. The van der Waals surface area contributed by atoms with Crippen LogP contribution in [0.4, 0.5) is 0 Å². The Morgan fingerprint density at radius 1 is 0.947 bits per heavy atom. The predicted molar refractivity (Wildman–Crippen MR) is 48.9 cm³/mol. The predicted octanol–water partition coefficient (Wildman–Crippen LogP) is -1.32. The smallest absolute Gasteiger partial charge is 0.363 e. The van der Waals surface area contributed by atoms with Gasteiger partial charge in [0.2, 0.25) is 0 Å². The summed E-state index contributed by atoms with van der Waals surface area (Å²) < 4.78 is 51.8. The van der Waals surface area contributed by atoms with Gasteiger partial charge < -0.3 is 4.52 Å². The molecule has 1 unspecified atom stereocenters. The molecule has 5 aliphatic heterocycles. The van der Waals surface area contributed by atoms with Crippen molar-refractivity contribution in [3.8, 4) is 5.88 Å². The van der Waals surface area contributed by atoms with Crippen LogP contribution in [0.1, 0.15) is 5.56 Å². The topological polar surface area (TPSA) is 134 Å². The number of rotatable bonds is 1. The Bertz CT molecular complexity index is 868. The van der Waals surface area contributed by atoms with E-state index in [2.05, 4.69) is 9.25 Å². The van der Waals surface area contributed by atoms with E-state index in [0.29, 0.717) is 4.73 Å². The number of hydrogen-bond donors (Lipinski definition) is 0. The van der Waals surface area contributed by atoms with Gasteiger partial charge in [0, 0.05) is 0 Å². The Balaban J connectivity index is 1.88. The fraction of sp³-hybridized carbons (Fsp3) is 0.200. The van der Waals surface area contributed by atoms with E-state index in [1.165, 1.54) is 0 Å². The molecule has 5 bridgehead atoms. The third-order valence-electron chi connectivity index (χ3n) is 2.71. The van der Waals surface area contributed by atoms with Gasteiger partial charge in [0.1, 0.15) is 0 Å². The van der Waals surface area contributed by atoms with Crippen molar-refractivity contribution < 1.29 is 36.5 Å². The minimum Gasteiger partial charge on any atom is -0.363 e. The Kier molecular flexibility index (Phi) is 1.29. The third-order valence-corrected chi connectivity index (χ3v) is 5.22. The molecular formula is C5N2O10P2. The SMILES string of the molecule is O=c1c(C23OP(=O)(O2)O3)c2n3c(=O)n1OP(=O)(O2)O3. The lowest BCUT2D eigenvalue weighted by Crippen LogP contribution is -2.59. The normalized spacial score (nSPS) is 42.7. The molecule has 0 saturated carbocycles. The quantitative estimate of drug-likeness (QED) is 0.574. The van der Waals surface area contributed by atoms with E-state index in [1.807, 2.05) is 0 Å². The van der Waals surface area contributed by atoms with Gasteiger partial charge in [-0.2, -0.15) is 4.57 Å². The minimum absolute atomic E-state index is 0.169. The summed E-state index contributed by atoms with van der Waals surface area (Å²) >= 11 is 0. The molecule has 19 heavy (non-hydrogen) atoms. The maximum atomic E-state index is 12.0. The van der Waals surface area contributed by atoms with Gasteiger partial charge in [-0.15, -0.1) is 0 Å². The highest BCUT2D eigenvalue weighted by atomic mass is 31.2. The number of nitrogens with zero attached hydrogens (tertiary/aromatic N) is 2. The van der Waals surface area contributed by atoms with Crippen LogP contribution in [-0.4, -0.2) is 9.46 Å². The van der Waals surface area contributed by atoms with Crippen molar-refractivity contribution in [1.29, 1.82) is 0 Å². The molecule has 0 N–H and O–H groups in total. The Hall–Kier alpha value is -1.58. The van der Waals surface area contributed by atoms with Crippen molar-refractivity contribution in [2.24, 2.45) is 0 Å². The summed E-state index contributed by atoms with van der Waals surface area (Å²) in [5.41, 5.74) is -2.59. The van der Waals surface area contributed by atoms with E-state index >= 15 is 0 Å². The van der Waals surface area contributed by atoms with Crippen molar-refractivity contribution in [3.63, 3.8) is 0 Å². The van der Waals surface area contributed by atoms with Gasteiger partial charge in [-0.3, -0.25) is 14.0 Å². The number of phosphoric ester groups is 1. The molecule has 0 amide bonds. The van der Waals surface area contributed by atoms with Gasteiger partial charge in [-0.1, -0.05) is 9.46 Å². The standard InChI is InChI=1S/C5N2O10P2/c8-2-1(5-13-19(11,14-5)15-5)3-7-4(9)6(2)16-18(10,12-3)17-7. The van der Waals surface area contributed by atoms with E-state index in [4.69, 9.17) is 18.1 Å². The van der Waals surface area contributed by atoms with Crippen LogP contribution >= 0.6 is 15.6 Å². The fourth-order valence-electron chi connectivity index (χ4n) is 1.99. The molecule has 1 atom stereocenters. The molecule has 6 heterocycles. The van der Waals surface area contributed by atoms with Crippen molar-refractivity contribution in [1.82, 2.24) is 9.46 Å². The van der Waals surface area contributed by atoms with Crippen molar-refractivity contribution in [2.45, 2.75) is 5.97 Å². The molecule has 12 nitrogen and oxygen atoms in total. The monoisotopic (exact) mass is 310 g/mol. The second kappa shape index (κ2) is 2.39. The Labute approximate surface area is 101 Å². The van der Waals surface area contributed by atoms with Crippen molar-refractivity contribution >= 4 is 15.6 Å².